The summed E-state index contributed by atoms with van der Waals surface area (Å²) >= 11 is 0.719. The molecule has 0 spiro atoms. The van der Waals surface area contributed by atoms with Gasteiger partial charge in [0.1, 0.15) is 18.1 Å². The molecule has 3 rings (SSSR count). The number of hydrogen-bond donors (Lipinski definition) is 2. The first kappa shape index (κ1) is 19.6. The number of nitrogens with one attached hydrogen (secondary N) is 1. The molecule has 8 heteroatoms. The van der Waals surface area contributed by atoms with E-state index in [4.69, 9.17) is 0 Å². The summed E-state index contributed by atoms with van der Waals surface area (Å²) in [6, 6.07) is 12.3. The fraction of sp³-hybridized carbons (Fsp3) is 0.150. The van der Waals surface area contributed by atoms with Crippen LogP contribution in [0.1, 0.15) is 11.1 Å². The smallest absolute Gasteiger partial charge is 0.294 e. The average Bonchev–Trinajstić information content (AvgIpc) is 2.91. The minimum Gasteiger partial charge on any atom is -0.508 e. The molecule has 0 unspecified atom stereocenters. The van der Waals surface area contributed by atoms with Crippen LogP contribution in [-0.2, 0) is 16.0 Å². The largest absolute Gasteiger partial charge is 0.508 e. The van der Waals surface area contributed by atoms with E-state index in [2.05, 4.69) is 5.32 Å². The lowest BCUT2D eigenvalue weighted by Crippen LogP contribution is -2.40. The molecule has 1 heterocycles. The number of rotatable bonds is 6. The van der Waals surface area contributed by atoms with Gasteiger partial charge in [0.05, 0.1) is 4.91 Å². The van der Waals surface area contributed by atoms with Crippen LogP contribution in [0.3, 0.4) is 0 Å². The zero-order valence-electron chi connectivity index (χ0n) is 14.7. The maximum Gasteiger partial charge on any atom is 0.294 e. The van der Waals surface area contributed by atoms with Crippen molar-refractivity contribution >= 4 is 34.9 Å². The van der Waals surface area contributed by atoms with Crippen molar-refractivity contribution in [3.8, 4) is 5.75 Å². The third-order valence-corrected chi connectivity index (χ3v) is 4.90. The van der Waals surface area contributed by atoms with Crippen LogP contribution in [0.25, 0.3) is 6.08 Å². The fourth-order valence-corrected chi connectivity index (χ4v) is 3.43. The predicted molar refractivity (Wildman–Crippen MR) is 104 cm³/mol. The van der Waals surface area contributed by atoms with Crippen molar-refractivity contribution in [2.24, 2.45) is 0 Å². The molecule has 0 bridgehead atoms. The number of phenolic OH excluding ortho intramolecular Hbond substituents is 1. The standard InChI is InChI=1S/C20H17FN2O4S/c21-15-3-1-2-14(10-15)11-17-19(26)23(20(27)28-17)12-18(25)22-9-8-13-4-6-16(24)7-5-13/h1-7,10-11,24H,8-9,12H2,(H,22,25)/b17-11-. The van der Waals surface area contributed by atoms with E-state index >= 15 is 0 Å². The van der Waals surface area contributed by atoms with Crippen LogP contribution in [0.15, 0.2) is 53.4 Å². The molecule has 2 aromatic rings. The van der Waals surface area contributed by atoms with E-state index < -0.39 is 22.9 Å². The highest BCUT2D eigenvalue weighted by Crippen LogP contribution is 2.32. The SMILES string of the molecule is O=C(CN1C(=O)S/C(=C\c2cccc(F)c2)C1=O)NCCc1ccc(O)cc1. The molecule has 0 aromatic heterocycles. The van der Waals surface area contributed by atoms with Gasteiger partial charge in [0.2, 0.25) is 5.91 Å². The van der Waals surface area contributed by atoms with Gasteiger partial charge in [0.25, 0.3) is 11.1 Å². The first-order valence-electron chi connectivity index (χ1n) is 8.48. The maximum absolute atomic E-state index is 13.3. The molecule has 0 saturated carbocycles. The number of amides is 3. The minimum atomic E-state index is -0.576. The van der Waals surface area contributed by atoms with Crippen LogP contribution < -0.4 is 5.32 Å². The number of thioether (sulfide) groups is 1. The molecular weight excluding hydrogens is 383 g/mol. The lowest BCUT2D eigenvalue weighted by molar-refractivity contribution is -0.129. The van der Waals surface area contributed by atoms with Crippen LogP contribution in [-0.4, -0.2) is 40.1 Å². The van der Waals surface area contributed by atoms with Crippen LogP contribution in [0.5, 0.6) is 5.75 Å². The number of carbonyl (C=O) groups excluding carboxylic acids is 3. The zero-order chi connectivity index (χ0) is 20.1. The van der Waals surface area contributed by atoms with Crippen molar-refractivity contribution < 1.29 is 23.9 Å². The zero-order valence-corrected chi connectivity index (χ0v) is 15.5. The van der Waals surface area contributed by atoms with Crippen LogP contribution in [0.2, 0.25) is 0 Å². The van der Waals surface area contributed by atoms with Crippen molar-refractivity contribution in [1.82, 2.24) is 10.2 Å². The normalized spacial score (nSPS) is 15.3. The maximum atomic E-state index is 13.3. The Kier molecular flexibility index (Phi) is 6.10. The Morgan fingerprint density at radius 1 is 1.18 bits per heavy atom. The van der Waals surface area contributed by atoms with Crippen molar-refractivity contribution in [3.63, 3.8) is 0 Å². The third kappa shape index (κ3) is 4.98. The molecule has 28 heavy (non-hydrogen) atoms. The molecule has 1 aliphatic rings. The number of carbonyl (C=O) groups is 3. The Morgan fingerprint density at radius 2 is 1.93 bits per heavy atom. The summed E-state index contributed by atoms with van der Waals surface area (Å²) in [5.41, 5.74) is 1.39. The number of phenols is 1. The second-order valence-electron chi connectivity index (χ2n) is 6.09. The highest BCUT2D eigenvalue weighted by atomic mass is 32.2. The molecule has 1 saturated heterocycles. The molecular formula is C20H17FN2O4S. The molecule has 1 aliphatic heterocycles. The molecule has 2 N–H and O–H groups in total. The summed E-state index contributed by atoms with van der Waals surface area (Å²) in [7, 11) is 0. The Hall–Kier alpha value is -3.13. The van der Waals surface area contributed by atoms with Crippen molar-refractivity contribution in [3.05, 3.63) is 70.4 Å². The molecule has 6 nitrogen and oxygen atoms in total. The van der Waals surface area contributed by atoms with Gasteiger partial charge in [-0.2, -0.15) is 0 Å². The highest BCUT2D eigenvalue weighted by Gasteiger charge is 2.36. The molecule has 0 aliphatic carbocycles. The van der Waals surface area contributed by atoms with Gasteiger partial charge < -0.3 is 10.4 Å². The Labute approximate surface area is 165 Å². The lowest BCUT2D eigenvalue weighted by atomic mass is 10.1. The van der Waals surface area contributed by atoms with Gasteiger partial charge in [-0.25, -0.2) is 4.39 Å². The number of halogens is 1. The van der Waals surface area contributed by atoms with E-state index in [1.165, 1.54) is 24.3 Å². The molecule has 0 radical (unpaired) electrons. The van der Waals surface area contributed by atoms with Crippen LogP contribution in [0, 0.1) is 5.82 Å². The van der Waals surface area contributed by atoms with Crippen molar-refractivity contribution in [2.45, 2.75) is 6.42 Å². The predicted octanol–water partition coefficient (Wildman–Crippen LogP) is 2.93. The summed E-state index contributed by atoms with van der Waals surface area (Å²) in [6.45, 7) is -0.0420. The first-order valence-corrected chi connectivity index (χ1v) is 9.29. The number of hydrogen-bond acceptors (Lipinski definition) is 5. The van der Waals surface area contributed by atoms with Gasteiger partial charge in [-0.1, -0.05) is 24.3 Å². The summed E-state index contributed by atoms with van der Waals surface area (Å²) in [6.07, 6.45) is 1.98. The van der Waals surface area contributed by atoms with E-state index in [0.717, 1.165) is 22.2 Å². The van der Waals surface area contributed by atoms with Gasteiger partial charge in [-0.3, -0.25) is 19.3 Å². The summed E-state index contributed by atoms with van der Waals surface area (Å²) in [4.78, 5) is 37.5. The van der Waals surface area contributed by atoms with E-state index in [1.807, 2.05) is 0 Å². The van der Waals surface area contributed by atoms with Crippen LogP contribution in [0.4, 0.5) is 9.18 Å². The van der Waals surface area contributed by atoms with Crippen LogP contribution >= 0.6 is 11.8 Å². The second-order valence-corrected chi connectivity index (χ2v) is 7.08. The van der Waals surface area contributed by atoms with Crippen molar-refractivity contribution in [2.75, 3.05) is 13.1 Å². The summed E-state index contributed by atoms with van der Waals surface area (Å²) in [5, 5.41) is 11.4. The minimum absolute atomic E-state index is 0.146. The summed E-state index contributed by atoms with van der Waals surface area (Å²) in [5.74, 6) is -1.31. The number of aromatic hydroxyl groups is 1. The number of nitrogens with zero attached hydrogens (tertiary/aromatic N) is 1. The number of benzene rings is 2. The molecule has 3 amide bonds. The van der Waals surface area contributed by atoms with Gasteiger partial charge in [0.15, 0.2) is 0 Å². The van der Waals surface area contributed by atoms with Gasteiger partial charge in [0, 0.05) is 6.54 Å². The Bertz CT molecular complexity index is 943. The van der Waals surface area contributed by atoms with E-state index in [-0.39, 0.29) is 17.2 Å². The van der Waals surface area contributed by atoms with Gasteiger partial charge in [-0.15, -0.1) is 0 Å². The topological polar surface area (TPSA) is 86.7 Å². The van der Waals surface area contributed by atoms with E-state index in [1.54, 1.807) is 30.3 Å². The lowest BCUT2D eigenvalue weighted by Gasteiger charge is -2.12. The molecule has 1 fully saturated rings. The quantitative estimate of drug-likeness (QED) is 0.728. The summed E-state index contributed by atoms with van der Waals surface area (Å²) < 4.78 is 13.3. The Morgan fingerprint density at radius 3 is 2.64 bits per heavy atom. The second kappa shape index (κ2) is 8.71. The van der Waals surface area contributed by atoms with Gasteiger partial charge in [-0.05, 0) is 59.7 Å². The highest BCUT2D eigenvalue weighted by molar-refractivity contribution is 8.18. The number of imide groups is 1. The van der Waals surface area contributed by atoms with Crippen molar-refractivity contribution in [1.29, 1.82) is 0 Å². The molecule has 144 valence electrons. The third-order valence-electron chi connectivity index (χ3n) is 3.99. The molecule has 0 atom stereocenters. The average molecular weight is 400 g/mol. The first-order chi connectivity index (χ1) is 13.4. The van der Waals surface area contributed by atoms with E-state index in [9.17, 15) is 23.9 Å². The van der Waals surface area contributed by atoms with Gasteiger partial charge >= 0.3 is 0 Å². The van der Waals surface area contributed by atoms with E-state index in [0.29, 0.717) is 18.5 Å². The Balaban J connectivity index is 1.54. The fourth-order valence-electron chi connectivity index (χ4n) is 2.59. The monoisotopic (exact) mass is 400 g/mol. The molecule has 2 aromatic carbocycles.